The zero-order valence-corrected chi connectivity index (χ0v) is 9.52. The smallest absolute Gasteiger partial charge is 0.307 e. The van der Waals surface area contributed by atoms with Gasteiger partial charge in [-0.15, -0.1) is 11.3 Å². The van der Waals surface area contributed by atoms with Crippen molar-refractivity contribution >= 4 is 28.9 Å². The summed E-state index contributed by atoms with van der Waals surface area (Å²) in [7, 11) is 0. The lowest BCUT2D eigenvalue weighted by molar-refractivity contribution is -0.139. The van der Waals surface area contributed by atoms with E-state index in [4.69, 9.17) is 16.7 Å². The van der Waals surface area contributed by atoms with Gasteiger partial charge in [-0.2, -0.15) is 0 Å². The topological polar surface area (TPSA) is 37.3 Å². The van der Waals surface area contributed by atoms with Gasteiger partial charge in [0, 0.05) is 16.2 Å². The van der Waals surface area contributed by atoms with Crippen molar-refractivity contribution in [1.29, 1.82) is 0 Å². The third kappa shape index (κ3) is 1.35. The zero-order valence-electron chi connectivity index (χ0n) is 7.95. The van der Waals surface area contributed by atoms with Crippen LogP contribution in [-0.4, -0.2) is 11.1 Å². The number of carboxylic acids is 1. The van der Waals surface area contributed by atoms with Gasteiger partial charge in [-0.05, 0) is 11.5 Å². The molecule has 0 bridgehead atoms. The molecule has 2 nitrogen and oxygen atoms in total. The van der Waals surface area contributed by atoms with Gasteiger partial charge in [0.2, 0.25) is 0 Å². The summed E-state index contributed by atoms with van der Waals surface area (Å²) in [6, 6.07) is 1.88. The average molecular weight is 231 g/mol. The van der Waals surface area contributed by atoms with E-state index in [1.54, 1.807) is 11.3 Å². The number of thiophene rings is 1. The molecule has 1 aromatic rings. The predicted octanol–water partition coefficient (Wildman–Crippen LogP) is 3.23. The number of hydrogen-bond donors (Lipinski definition) is 1. The van der Waals surface area contributed by atoms with E-state index in [0.717, 1.165) is 4.88 Å². The lowest BCUT2D eigenvalue weighted by Gasteiger charge is -1.97. The van der Waals surface area contributed by atoms with Crippen LogP contribution in [0.3, 0.4) is 0 Å². The fourth-order valence-electron chi connectivity index (χ4n) is 2.12. The molecule has 1 aliphatic rings. The standard InChI is InChI=1S/C10H11ClO2S/c1-10(2)7(8(10)9(12)13)6-3-5(11)4-14-6/h3-4,7-8H,1-2H3,(H,12,13). The Morgan fingerprint density at radius 2 is 2.29 bits per heavy atom. The summed E-state index contributed by atoms with van der Waals surface area (Å²) >= 11 is 7.36. The van der Waals surface area contributed by atoms with E-state index in [1.165, 1.54) is 0 Å². The third-order valence-corrected chi connectivity index (χ3v) is 4.35. The van der Waals surface area contributed by atoms with Crippen molar-refractivity contribution in [3.05, 3.63) is 21.3 Å². The van der Waals surface area contributed by atoms with Crippen LogP contribution < -0.4 is 0 Å². The highest BCUT2D eigenvalue weighted by atomic mass is 35.5. The molecule has 2 atom stereocenters. The molecule has 76 valence electrons. The van der Waals surface area contributed by atoms with Gasteiger partial charge in [-0.25, -0.2) is 0 Å². The Balaban J connectivity index is 2.27. The molecule has 1 heterocycles. The molecule has 2 rings (SSSR count). The molecule has 0 saturated heterocycles. The van der Waals surface area contributed by atoms with Crippen LogP contribution >= 0.6 is 22.9 Å². The molecule has 0 aromatic carbocycles. The molecule has 0 aliphatic heterocycles. The van der Waals surface area contributed by atoms with Crippen molar-refractivity contribution in [3.8, 4) is 0 Å². The molecule has 1 N–H and O–H groups in total. The Morgan fingerprint density at radius 1 is 1.64 bits per heavy atom. The normalized spacial score (nSPS) is 28.8. The summed E-state index contributed by atoms with van der Waals surface area (Å²) in [5.41, 5.74) is -0.125. The second-order valence-electron chi connectivity index (χ2n) is 4.28. The zero-order chi connectivity index (χ0) is 10.5. The van der Waals surface area contributed by atoms with E-state index in [1.807, 2.05) is 25.3 Å². The minimum Gasteiger partial charge on any atom is -0.481 e. The number of aliphatic carboxylic acids is 1. The Morgan fingerprint density at radius 3 is 2.64 bits per heavy atom. The third-order valence-electron chi connectivity index (χ3n) is 2.99. The van der Waals surface area contributed by atoms with Gasteiger partial charge in [0.25, 0.3) is 0 Å². The molecule has 1 fully saturated rings. The summed E-state index contributed by atoms with van der Waals surface area (Å²) in [4.78, 5) is 12.0. The highest BCUT2D eigenvalue weighted by Crippen LogP contribution is 2.65. The van der Waals surface area contributed by atoms with Gasteiger partial charge in [0.05, 0.1) is 10.9 Å². The lowest BCUT2D eigenvalue weighted by Crippen LogP contribution is -2.02. The number of hydrogen-bond acceptors (Lipinski definition) is 2. The van der Waals surface area contributed by atoms with Crippen molar-refractivity contribution in [3.63, 3.8) is 0 Å². The minimum absolute atomic E-state index is 0.125. The largest absolute Gasteiger partial charge is 0.481 e. The van der Waals surface area contributed by atoms with E-state index in [0.29, 0.717) is 5.02 Å². The molecule has 0 spiro atoms. The molecule has 0 amide bonds. The highest BCUT2D eigenvalue weighted by molar-refractivity contribution is 7.10. The Bertz CT molecular complexity index is 383. The van der Waals surface area contributed by atoms with Crippen LogP contribution in [0.4, 0.5) is 0 Å². The van der Waals surface area contributed by atoms with E-state index in [2.05, 4.69) is 0 Å². The van der Waals surface area contributed by atoms with Crippen molar-refractivity contribution in [2.75, 3.05) is 0 Å². The first kappa shape index (κ1) is 9.99. The second-order valence-corrected chi connectivity index (χ2v) is 5.66. The SMILES string of the molecule is CC1(C)C(C(=O)O)C1c1cc(Cl)cs1. The first-order valence-electron chi connectivity index (χ1n) is 4.41. The summed E-state index contributed by atoms with van der Waals surface area (Å²) in [6.07, 6.45) is 0. The summed E-state index contributed by atoms with van der Waals surface area (Å²) in [5.74, 6) is -0.820. The summed E-state index contributed by atoms with van der Waals surface area (Å²) in [5, 5.41) is 11.6. The Hall–Kier alpha value is -0.540. The Labute approximate surface area is 91.5 Å². The number of carboxylic acid groups (broad SMARTS) is 1. The van der Waals surface area contributed by atoms with Crippen LogP contribution in [0.1, 0.15) is 24.6 Å². The fourth-order valence-corrected chi connectivity index (χ4v) is 3.54. The maximum atomic E-state index is 10.9. The van der Waals surface area contributed by atoms with Crippen LogP contribution in [0.15, 0.2) is 11.4 Å². The quantitative estimate of drug-likeness (QED) is 0.847. The molecule has 1 saturated carbocycles. The van der Waals surface area contributed by atoms with E-state index >= 15 is 0 Å². The van der Waals surface area contributed by atoms with E-state index in [9.17, 15) is 4.79 Å². The van der Waals surface area contributed by atoms with Crippen LogP contribution in [-0.2, 0) is 4.79 Å². The van der Waals surface area contributed by atoms with Gasteiger partial charge < -0.3 is 5.11 Å². The minimum atomic E-state index is -0.704. The van der Waals surface area contributed by atoms with Crippen LogP contribution in [0.2, 0.25) is 5.02 Å². The van der Waals surface area contributed by atoms with Gasteiger partial charge in [-0.1, -0.05) is 25.4 Å². The maximum Gasteiger partial charge on any atom is 0.307 e. The molecule has 2 unspecified atom stereocenters. The van der Waals surface area contributed by atoms with Crippen molar-refractivity contribution < 1.29 is 9.90 Å². The Kier molecular flexibility index (Phi) is 2.12. The predicted molar refractivity (Wildman–Crippen MR) is 57.0 cm³/mol. The second kappa shape index (κ2) is 2.97. The molecular formula is C10H11ClO2S. The molecule has 1 aromatic heterocycles. The van der Waals surface area contributed by atoms with E-state index < -0.39 is 5.97 Å². The van der Waals surface area contributed by atoms with Crippen LogP contribution in [0.5, 0.6) is 0 Å². The van der Waals surface area contributed by atoms with Crippen molar-refractivity contribution in [1.82, 2.24) is 0 Å². The number of carbonyl (C=O) groups is 1. The lowest BCUT2D eigenvalue weighted by atomic mass is 10.1. The first-order valence-corrected chi connectivity index (χ1v) is 5.67. The highest BCUT2D eigenvalue weighted by Gasteiger charge is 2.63. The van der Waals surface area contributed by atoms with Gasteiger partial charge >= 0.3 is 5.97 Å². The van der Waals surface area contributed by atoms with Crippen LogP contribution in [0, 0.1) is 11.3 Å². The van der Waals surface area contributed by atoms with E-state index in [-0.39, 0.29) is 17.3 Å². The monoisotopic (exact) mass is 230 g/mol. The molecule has 1 aliphatic carbocycles. The number of halogens is 1. The first-order chi connectivity index (χ1) is 6.44. The van der Waals surface area contributed by atoms with Gasteiger partial charge in [0.15, 0.2) is 0 Å². The van der Waals surface area contributed by atoms with Crippen molar-refractivity contribution in [2.45, 2.75) is 19.8 Å². The maximum absolute atomic E-state index is 10.9. The number of rotatable bonds is 2. The molecular weight excluding hydrogens is 220 g/mol. The average Bonchev–Trinajstić information content (AvgIpc) is 2.42. The van der Waals surface area contributed by atoms with Crippen LogP contribution in [0.25, 0.3) is 0 Å². The van der Waals surface area contributed by atoms with Crippen molar-refractivity contribution in [2.24, 2.45) is 11.3 Å². The summed E-state index contributed by atoms with van der Waals surface area (Å²) in [6.45, 7) is 3.98. The van der Waals surface area contributed by atoms with Gasteiger partial charge in [0.1, 0.15) is 0 Å². The molecule has 4 heteroatoms. The summed E-state index contributed by atoms with van der Waals surface area (Å²) < 4.78 is 0. The fraction of sp³-hybridized carbons (Fsp3) is 0.500. The molecule has 0 radical (unpaired) electrons. The molecule has 14 heavy (non-hydrogen) atoms. The van der Waals surface area contributed by atoms with Gasteiger partial charge in [-0.3, -0.25) is 4.79 Å².